The summed E-state index contributed by atoms with van der Waals surface area (Å²) in [5.41, 5.74) is 2.13. The first-order valence-electron chi connectivity index (χ1n) is 6.32. The van der Waals surface area contributed by atoms with Crippen LogP contribution in [0.4, 0.5) is 5.69 Å². The average molecular weight is 311 g/mol. The number of amides is 1. The summed E-state index contributed by atoms with van der Waals surface area (Å²) in [7, 11) is 1.86. The smallest absolute Gasteiger partial charge is 0.228 e. The van der Waals surface area contributed by atoms with Gasteiger partial charge in [-0.1, -0.05) is 18.2 Å². The van der Waals surface area contributed by atoms with Crippen molar-refractivity contribution in [2.24, 2.45) is 0 Å². The Hall–Kier alpha value is -1.36. The van der Waals surface area contributed by atoms with Gasteiger partial charge in [-0.3, -0.25) is 4.79 Å². The maximum Gasteiger partial charge on any atom is 0.228 e. The summed E-state index contributed by atoms with van der Waals surface area (Å²) >= 11 is 1.66. The third kappa shape index (κ3) is 4.63. The number of thiophene rings is 1. The molecule has 0 unspecified atom stereocenters. The van der Waals surface area contributed by atoms with Crippen LogP contribution in [0.5, 0.6) is 0 Å². The van der Waals surface area contributed by atoms with Crippen molar-refractivity contribution in [2.45, 2.75) is 13.0 Å². The second kappa shape index (κ2) is 8.74. The zero-order chi connectivity index (χ0) is 13.5. The molecule has 1 N–H and O–H groups in total. The highest BCUT2D eigenvalue weighted by Crippen LogP contribution is 2.19. The van der Waals surface area contributed by atoms with Gasteiger partial charge in [-0.05, 0) is 41.6 Å². The molecular formula is C15H19ClN2OS. The number of nitrogens with zero attached hydrogens (tertiary/aromatic N) is 1. The fourth-order valence-electron chi connectivity index (χ4n) is 1.86. The summed E-state index contributed by atoms with van der Waals surface area (Å²) in [6.07, 6.45) is 0.509. The fourth-order valence-corrected chi connectivity index (χ4v) is 2.52. The maximum absolute atomic E-state index is 12.3. The number of hydrogen-bond donors (Lipinski definition) is 1. The summed E-state index contributed by atoms with van der Waals surface area (Å²) in [6, 6.07) is 11.9. The normalized spacial score (nSPS) is 9.85. The number of para-hydroxylation sites is 1. The van der Waals surface area contributed by atoms with Crippen molar-refractivity contribution in [3.8, 4) is 0 Å². The lowest BCUT2D eigenvalue weighted by atomic mass is 10.2. The van der Waals surface area contributed by atoms with Crippen LogP contribution in [0, 0.1) is 0 Å². The Bertz CT molecular complexity index is 502. The number of anilines is 1. The number of nitrogens with one attached hydrogen (secondary N) is 1. The van der Waals surface area contributed by atoms with Crippen LogP contribution < -0.4 is 10.2 Å². The van der Waals surface area contributed by atoms with E-state index < -0.39 is 0 Å². The SMILES string of the molecule is CNCCC(=O)N(Cc1ccsc1)c1ccccc1.Cl. The Kier molecular flexibility index (Phi) is 7.30. The van der Waals surface area contributed by atoms with E-state index in [1.54, 1.807) is 11.3 Å². The van der Waals surface area contributed by atoms with Gasteiger partial charge in [0.05, 0.1) is 6.54 Å². The highest BCUT2D eigenvalue weighted by Gasteiger charge is 2.15. The highest BCUT2D eigenvalue weighted by atomic mass is 35.5. The Morgan fingerprint density at radius 2 is 2.00 bits per heavy atom. The van der Waals surface area contributed by atoms with Crippen LogP contribution in [0.25, 0.3) is 0 Å². The van der Waals surface area contributed by atoms with Crippen LogP contribution in [-0.2, 0) is 11.3 Å². The monoisotopic (exact) mass is 310 g/mol. The molecule has 0 radical (unpaired) electrons. The molecule has 1 amide bonds. The van der Waals surface area contributed by atoms with Crippen molar-refractivity contribution < 1.29 is 4.79 Å². The predicted octanol–water partition coefficient (Wildman–Crippen LogP) is 3.31. The molecule has 2 rings (SSSR count). The molecule has 5 heteroatoms. The fraction of sp³-hybridized carbons (Fsp3) is 0.267. The van der Waals surface area contributed by atoms with Crippen molar-refractivity contribution in [2.75, 3.05) is 18.5 Å². The molecule has 0 atom stereocenters. The standard InChI is InChI=1S/C15H18N2OS.ClH/c1-16-9-7-15(18)17(11-13-8-10-19-12-13)14-5-3-2-4-6-14;/h2-6,8,10,12,16H,7,9,11H2,1H3;1H. The van der Waals surface area contributed by atoms with Gasteiger partial charge in [0, 0.05) is 18.7 Å². The Morgan fingerprint density at radius 1 is 1.25 bits per heavy atom. The maximum atomic E-state index is 12.3. The molecule has 1 heterocycles. The van der Waals surface area contributed by atoms with Gasteiger partial charge >= 0.3 is 0 Å². The minimum atomic E-state index is 0. The molecule has 0 aliphatic carbocycles. The first kappa shape index (κ1) is 16.7. The molecule has 0 saturated carbocycles. The topological polar surface area (TPSA) is 32.3 Å². The molecular weight excluding hydrogens is 292 g/mol. The number of benzene rings is 1. The number of carbonyl (C=O) groups excluding carboxylic acids is 1. The minimum Gasteiger partial charge on any atom is -0.319 e. The Balaban J connectivity index is 0.00000200. The van der Waals surface area contributed by atoms with Gasteiger partial charge in [0.1, 0.15) is 0 Å². The van der Waals surface area contributed by atoms with Crippen LogP contribution in [-0.4, -0.2) is 19.5 Å². The van der Waals surface area contributed by atoms with Crippen molar-refractivity contribution in [3.63, 3.8) is 0 Å². The second-order valence-electron chi connectivity index (χ2n) is 4.30. The minimum absolute atomic E-state index is 0. The Labute approximate surface area is 130 Å². The van der Waals surface area contributed by atoms with E-state index >= 15 is 0 Å². The quantitative estimate of drug-likeness (QED) is 0.888. The van der Waals surface area contributed by atoms with E-state index in [2.05, 4.69) is 16.8 Å². The lowest BCUT2D eigenvalue weighted by Gasteiger charge is -2.22. The summed E-state index contributed by atoms with van der Waals surface area (Å²) in [6.45, 7) is 1.34. The summed E-state index contributed by atoms with van der Waals surface area (Å²) in [5, 5.41) is 7.14. The lowest BCUT2D eigenvalue weighted by molar-refractivity contribution is -0.118. The van der Waals surface area contributed by atoms with Crippen LogP contribution >= 0.6 is 23.7 Å². The molecule has 0 spiro atoms. The van der Waals surface area contributed by atoms with Crippen LogP contribution in [0.1, 0.15) is 12.0 Å². The van der Waals surface area contributed by atoms with E-state index in [1.807, 2.05) is 47.7 Å². The Morgan fingerprint density at radius 3 is 2.60 bits per heavy atom. The lowest BCUT2D eigenvalue weighted by Crippen LogP contribution is -2.32. The van der Waals surface area contributed by atoms with Crippen LogP contribution in [0.2, 0.25) is 0 Å². The zero-order valence-electron chi connectivity index (χ0n) is 11.4. The largest absolute Gasteiger partial charge is 0.319 e. The third-order valence-corrected chi connectivity index (χ3v) is 3.61. The number of hydrogen-bond acceptors (Lipinski definition) is 3. The van der Waals surface area contributed by atoms with E-state index in [9.17, 15) is 4.79 Å². The van der Waals surface area contributed by atoms with E-state index in [4.69, 9.17) is 0 Å². The van der Waals surface area contributed by atoms with Gasteiger partial charge in [-0.25, -0.2) is 0 Å². The first-order chi connectivity index (χ1) is 9.31. The van der Waals surface area contributed by atoms with E-state index in [0.717, 1.165) is 5.69 Å². The van der Waals surface area contributed by atoms with Gasteiger partial charge < -0.3 is 10.2 Å². The van der Waals surface area contributed by atoms with Gasteiger partial charge in [-0.2, -0.15) is 11.3 Å². The molecule has 20 heavy (non-hydrogen) atoms. The number of halogens is 1. The molecule has 108 valence electrons. The van der Waals surface area contributed by atoms with Crippen LogP contribution in [0.15, 0.2) is 47.2 Å². The van der Waals surface area contributed by atoms with Crippen molar-refractivity contribution in [3.05, 3.63) is 52.7 Å². The molecule has 0 bridgehead atoms. The number of carbonyl (C=O) groups is 1. The zero-order valence-corrected chi connectivity index (χ0v) is 13.0. The summed E-state index contributed by atoms with van der Waals surface area (Å²) < 4.78 is 0. The number of rotatable bonds is 6. The van der Waals surface area contributed by atoms with Gasteiger partial charge in [0.2, 0.25) is 5.91 Å². The average Bonchev–Trinajstić information content (AvgIpc) is 2.96. The molecule has 1 aromatic heterocycles. The molecule has 0 aliphatic heterocycles. The molecule has 0 saturated heterocycles. The molecule has 3 nitrogen and oxygen atoms in total. The highest BCUT2D eigenvalue weighted by molar-refractivity contribution is 7.07. The molecule has 2 aromatic rings. The van der Waals surface area contributed by atoms with Gasteiger partial charge in [0.15, 0.2) is 0 Å². The predicted molar refractivity (Wildman–Crippen MR) is 87.7 cm³/mol. The van der Waals surface area contributed by atoms with Crippen LogP contribution in [0.3, 0.4) is 0 Å². The van der Waals surface area contributed by atoms with E-state index in [0.29, 0.717) is 19.5 Å². The molecule has 1 aromatic carbocycles. The summed E-state index contributed by atoms with van der Waals surface area (Å²) in [4.78, 5) is 14.2. The van der Waals surface area contributed by atoms with Crippen molar-refractivity contribution >= 4 is 35.3 Å². The molecule has 0 fully saturated rings. The van der Waals surface area contributed by atoms with E-state index in [1.165, 1.54) is 5.56 Å². The molecule has 0 aliphatic rings. The second-order valence-corrected chi connectivity index (χ2v) is 5.08. The third-order valence-electron chi connectivity index (χ3n) is 2.88. The first-order valence-corrected chi connectivity index (χ1v) is 7.26. The van der Waals surface area contributed by atoms with Gasteiger partial charge in [-0.15, -0.1) is 12.4 Å². The van der Waals surface area contributed by atoms with Crippen molar-refractivity contribution in [1.82, 2.24) is 5.32 Å². The van der Waals surface area contributed by atoms with Crippen molar-refractivity contribution in [1.29, 1.82) is 0 Å². The van der Waals surface area contributed by atoms with E-state index in [-0.39, 0.29) is 18.3 Å². The van der Waals surface area contributed by atoms with Gasteiger partial charge in [0.25, 0.3) is 0 Å². The summed E-state index contributed by atoms with van der Waals surface area (Å²) in [5.74, 6) is 0.145.